The maximum absolute atomic E-state index is 12.3. The second kappa shape index (κ2) is 7.88. The molecule has 3 rings (SSSR count). The van der Waals surface area contributed by atoms with Crippen molar-refractivity contribution in [3.05, 3.63) is 47.5 Å². The molecule has 1 aromatic carbocycles. The zero-order valence-corrected chi connectivity index (χ0v) is 14.6. The predicted octanol–water partition coefficient (Wildman–Crippen LogP) is 2.92. The van der Waals surface area contributed by atoms with Crippen LogP contribution in [0.1, 0.15) is 31.4 Å². The Bertz CT molecular complexity index is 640. The molecule has 2 atom stereocenters. The number of carbonyl (C=O) groups excluding carboxylic acids is 1. The van der Waals surface area contributed by atoms with Gasteiger partial charge in [0.2, 0.25) is 5.91 Å². The molecule has 24 heavy (non-hydrogen) atoms. The van der Waals surface area contributed by atoms with Gasteiger partial charge in [-0.15, -0.1) is 11.3 Å². The minimum Gasteiger partial charge on any atom is -0.388 e. The molecule has 0 radical (unpaired) electrons. The van der Waals surface area contributed by atoms with Crippen LogP contribution < -0.4 is 5.32 Å². The van der Waals surface area contributed by atoms with Crippen LogP contribution in [-0.2, 0) is 4.79 Å². The van der Waals surface area contributed by atoms with E-state index >= 15 is 0 Å². The minimum atomic E-state index is -0.423. The second-order valence-corrected chi connectivity index (χ2v) is 7.13. The van der Waals surface area contributed by atoms with Crippen LogP contribution in [0.25, 0.3) is 0 Å². The highest BCUT2D eigenvalue weighted by Gasteiger charge is 2.30. The fraction of sp³-hybridized carbons (Fsp3) is 0.444. The van der Waals surface area contributed by atoms with E-state index in [1.165, 1.54) is 11.3 Å². The predicted molar refractivity (Wildman–Crippen MR) is 95.9 cm³/mol. The van der Waals surface area contributed by atoms with Crippen molar-refractivity contribution in [3.8, 4) is 0 Å². The summed E-state index contributed by atoms with van der Waals surface area (Å²) in [6, 6.07) is 9.63. The van der Waals surface area contributed by atoms with Gasteiger partial charge in [0.25, 0.3) is 0 Å². The van der Waals surface area contributed by atoms with Crippen LogP contribution in [0.3, 0.4) is 0 Å². The maximum atomic E-state index is 12.3. The third-order valence-electron chi connectivity index (χ3n) is 4.75. The first-order valence-corrected chi connectivity index (χ1v) is 9.20. The van der Waals surface area contributed by atoms with Gasteiger partial charge in [0.15, 0.2) is 5.13 Å². The molecule has 2 aromatic rings. The molecule has 0 unspecified atom stereocenters. The van der Waals surface area contributed by atoms with Crippen molar-refractivity contribution in [1.29, 1.82) is 0 Å². The van der Waals surface area contributed by atoms with E-state index in [0.29, 0.717) is 5.13 Å². The molecule has 1 saturated heterocycles. The van der Waals surface area contributed by atoms with Gasteiger partial charge in [-0.3, -0.25) is 9.69 Å². The average molecular weight is 345 g/mol. The fourth-order valence-corrected chi connectivity index (χ4v) is 3.74. The first kappa shape index (κ1) is 17.1. The van der Waals surface area contributed by atoms with Crippen molar-refractivity contribution in [1.82, 2.24) is 9.88 Å². The number of aliphatic hydroxyl groups excluding tert-OH is 1. The number of anilines is 1. The topological polar surface area (TPSA) is 65.5 Å². The molecule has 2 heterocycles. The fourth-order valence-electron chi connectivity index (χ4n) is 3.21. The van der Waals surface area contributed by atoms with Gasteiger partial charge in [0, 0.05) is 11.6 Å². The number of piperidine rings is 1. The molecule has 1 aliphatic rings. The van der Waals surface area contributed by atoms with E-state index in [0.717, 1.165) is 31.5 Å². The Balaban J connectivity index is 1.52. The van der Waals surface area contributed by atoms with Crippen LogP contribution in [0.5, 0.6) is 0 Å². The Morgan fingerprint density at radius 1 is 1.33 bits per heavy atom. The number of hydrogen-bond acceptors (Lipinski definition) is 5. The Kier molecular flexibility index (Phi) is 5.60. The van der Waals surface area contributed by atoms with E-state index in [1.54, 1.807) is 6.20 Å². The Hall–Kier alpha value is -1.76. The van der Waals surface area contributed by atoms with Crippen molar-refractivity contribution in [2.75, 3.05) is 18.4 Å². The van der Waals surface area contributed by atoms with Crippen molar-refractivity contribution < 1.29 is 9.90 Å². The monoisotopic (exact) mass is 345 g/mol. The number of benzene rings is 1. The van der Waals surface area contributed by atoms with Crippen LogP contribution in [0.15, 0.2) is 41.9 Å². The van der Waals surface area contributed by atoms with Gasteiger partial charge < -0.3 is 10.4 Å². The number of thiazole rings is 1. The van der Waals surface area contributed by atoms with E-state index in [4.69, 9.17) is 0 Å². The van der Waals surface area contributed by atoms with Crippen molar-refractivity contribution in [2.45, 2.75) is 31.9 Å². The molecule has 0 spiro atoms. The molecule has 1 aromatic heterocycles. The zero-order valence-electron chi connectivity index (χ0n) is 13.8. The third kappa shape index (κ3) is 4.01. The van der Waals surface area contributed by atoms with Crippen LogP contribution in [0.2, 0.25) is 0 Å². The molecule has 1 fully saturated rings. The summed E-state index contributed by atoms with van der Waals surface area (Å²) >= 11 is 1.42. The summed E-state index contributed by atoms with van der Waals surface area (Å²) in [5.41, 5.74) is 0.977. The quantitative estimate of drug-likeness (QED) is 0.874. The Morgan fingerprint density at radius 2 is 2.04 bits per heavy atom. The molecular formula is C18H23N3O2S. The van der Waals surface area contributed by atoms with Crippen molar-refractivity contribution >= 4 is 22.4 Å². The summed E-state index contributed by atoms with van der Waals surface area (Å²) in [7, 11) is 0. The van der Waals surface area contributed by atoms with E-state index in [1.807, 2.05) is 42.6 Å². The van der Waals surface area contributed by atoms with Gasteiger partial charge in [-0.25, -0.2) is 4.98 Å². The largest absolute Gasteiger partial charge is 0.388 e. The second-order valence-electron chi connectivity index (χ2n) is 6.23. The lowest BCUT2D eigenvalue weighted by Gasteiger charge is -2.37. The molecule has 6 heteroatoms. The van der Waals surface area contributed by atoms with Gasteiger partial charge in [-0.1, -0.05) is 30.3 Å². The summed E-state index contributed by atoms with van der Waals surface area (Å²) < 4.78 is 0. The van der Waals surface area contributed by atoms with Crippen LogP contribution >= 0.6 is 11.3 Å². The molecule has 128 valence electrons. The van der Waals surface area contributed by atoms with Crippen LogP contribution in [0.4, 0.5) is 5.13 Å². The summed E-state index contributed by atoms with van der Waals surface area (Å²) in [6.45, 7) is 3.57. The highest BCUT2D eigenvalue weighted by atomic mass is 32.1. The lowest BCUT2D eigenvalue weighted by Crippen LogP contribution is -2.46. The zero-order chi connectivity index (χ0) is 16.9. The SMILES string of the molecule is C[C@@H](C(=O)Nc1nccs1)N1CCC([C@H](O)c2ccccc2)CC1. The Labute approximate surface area is 146 Å². The first-order valence-electron chi connectivity index (χ1n) is 8.32. The first-order chi connectivity index (χ1) is 11.6. The highest BCUT2D eigenvalue weighted by Crippen LogP contribution is 2.31. The summed E-state index contributed by atoms with van der Waals surface area (Å²) in [4.78, 5) is 18.6. The Morgan fingerprint density at radius 3 is 2.67 bits per heavy atom. The highest BCUT2D eigenvalue weighted by molar-refractivity contribution is 7.13. The van der Waals surface area contributed by atoms with Crippen LogP contribution in [-0.4, -0.2) is 40.0 Å². The standard InChI is InChI=1S/C18H23N3O2S/c1-13(17(23)20-18-19-9-12-24-18)21-10-7-15(8-11-21)16(22)14-5-3-2-4-6-14/h2-6,9,12-13,15-16,22H,7-8,10-11H2,1H3,(H,19,20,23)/t13-,16+/m0/s1. The lowest BCUT2D eigenvalue weighted by molar-refractivity contribution is -0.121. The van der Waals surface area contributed by atoms with Crippen molar-refractivity contribution in [3.63, 3.8) is 0 Å². The summed E-state index contributed by atoms with van der Waals surface area (Å²) in [5.74, 6) is 0.227. The lowest BCUT2D eigenvalue weighted by atomic mass is 9.87. The third-order valence-corrected chi connectivity index (χ3v) is 5.44. The summed E-state index contributed by atoms with van der Waals surface area (Å²) in [6.07, 6.45) is 3.05. The van der Waals surface area contributed by atoms with Gasteiger partial charge >= 0.3 is 0 Å². The molecule has 1 aliphatic heterocycles. The number of carbonyl (C=O) groups is 1. The van der Waals surface area contributed by atoms with E-state index in [-0.39, 0.29) is 17.9 Å². The molecule has 5 nitrogen and oxygen atoms in total. The average Bonchev–Trinajstić information content (AvgIpc) is 3.14. The maximum Gasteiger partial charge on any atom is 0.243 e. The van der Waals surface area contributed by atoms with E-state index in [2.05, 4.69) is 15.2 Å². The molecule has 2 N–H and O–H groups in total. The van der Waals surface area contributed by atoms with Gasteiger partial charge in [-0.2, -0.15) is 0 Å². The van der Waals surface area contributed by atoms with Gasteiger partial charge in [-0.05, 0) is 44.3 Å². The number of aromatic nitrogens is 1. The number of rotatable bonds is 5. The number of hydrogen-bond donors (Lipinski definition) is 2. The molecule has 1 amide bonds. The smallest absolute Gasteiger partial charge is 0.243 e. The summed E-state index contributed by atoms with van der Waals surface area (Å²) in [5, 5.41) is 15.9. The number of nitrogens with zero attached hydrogens (tertiary/aromatic N) is 2. The molecule has 0 saturated carbocycles. The number of aliphatic hydroxyl groups is 1. The van der Waals surface area contributed by atoms with E-state index in [9.17, 15) is 9.90 Å². The number of likely N-dealkylation sites (tertiary alicyclic amines) is 1. The number of nitrogens with one attached hydrogen (secondary N) is 1. The van der Waals surface area contributed by atoms with Gasteiger partial charge in [0.05, 0.1) is 12.1 Å². The molecular weight excluding hydrogens is 322 g/mol. The van der Waals surface area contributed by atoms with E-state index < -0.39 is 6.10 Å². The molecule has 0 aliphatic carbocycles. The van der Waals surface area contributed by atoms with Crippen molar-refractivity contribution in [2.24, 2.45) is 5.92 Å². The number of amides is 1. The van der Waals surface area contributed by atoms with Crippen LogP contribution in [0, 0.1) is 5.92 Å². The normalized spacial score (nSPS) is 18.9. The minimum absolute atomic E-state index is 0.0213. The molecule has 0 bridgehead atoms. The van der Waals surface area contributed by atoms with Gasteiger partial charge in [0.1, 0.15) is 0 Å².